The fourth-order valence-corrected chi connectivity index (χ4v) is 2.19. The number of aryl methyl sites for hydroxylation is 2. The van der Waals surface area contributed by atoms with Crippen LogP contribution in [-0.2, 0) is 13.1 Å². The highest BCUT2D eigenvalue weighted by atomic mass is 16.3. The second-order valence-electron chi connectivity index (χ2n) is 4.27. The number of aliphatic hydroxyl groups is 1. The van der Waals surface area contributed by atoms with Gasteiger partial charge < -0.3 is 5.11 Å². The van der Waals surface area contributed by atoms with Gasteiger partial charge in [0.15, 0.2) is 0 Å². The molecule has 0 spiro atoms. The maximum Gasteiger partial charge on any atom is 0.0679 e. The van der Waals surface area contributed by atoms with Crippen molar-refractivity contribution in [2.24, 2.45) is 0 Å². The van der Waals surface area contributed by atoms with Gasteiger partial charge in [0.1, 0.15) is 0 Å². The molecule has 4 nitrogen and oxygen atoms in total. The minimum absolute atomic E-state index is 0.135. The summed E-state index contributed by atoms with van der Waals surface area (Å²) in [4.78, 5) is 2.28. The van der Waals surface area contributed by atoms with Crippen molar-refractivity contribution in [2.75, 3.05) is 13.1 Å². The van der Waals surface area contributed by atoms with Gasteiger partial charge in [-0.05, 0) is 26.3 Å². The number of β-amino-alcohol motifs (C(OH)–C–C–N with tert-alkyl or cyclic N) is 1. The monoisotopic (exact) mass is 209 g/mol. The molecule has 0 aliphatic carbocycles. The van der Waals surface area contributed by atoms with E-state index in [2.05, 4.69) is 23.0 Å². The lowest BCUT2D eigenvalue weighted by Gasteiger charge is -2.15. The third-order valence-corrected chi connectivity index (χ3v) is 2.92. The molecule has 0 amide bonds. The van der Waals surface area contributed by atoms with Gasteiger partial charge in [0.05, 0.1) is 17.5 Å². The largest absolute Gasteiger partial charge is 0.392 e. The van der Waals surface area contributed by atoms with Crippen LogP contribution in [0.2, 0.25) is 0 Å². The molecular formula is C11H19N3O. The number of aliphatic hydroxyl groups excluding tert-OH is 1. The minimum Gasteiger partial charge on any atom is -0.392 e. The fraction of sp³-hybridized carbons (Fsp3) is 0.727. The normalized spacial score (nSPS) is 22.5. The minimum atomic E-state index is -0.135. The molecule has 2 heterocycles. The molecule has 0 radical (unpaired) electrons. The number of likely N-dealkylation sites (tertiary alicyclic amines) is 1. The lowest BCUT2D eigenvalue weighted by molar-refractivity contribution is 0.174. The highest BCUT2D eigenvalue weighted by Gasteiger charge is 2.21. The molecule has 84 valence electrons. The molecule has 0 unspecified atom stereocenters. The Morgan fingerprint density at radius 1 is 1.60 bits per heavy atom. The van der Waals surface area contributed by atoms with Crippen LogP contribution >= 0.6 is 0 Å². The Morgan fingerprint density at radius 2 is 2.40 bits per heavy atom. The average Bonchev–Trinajstić information content (AvgIpc) is 2.73. The first-order chi connectivity index (χ1) is 7.19. The van der Waals surface area contributed by atoms with E-state index in [4.69, 9.17) is 0 Å². The zero-order chi connectivity index (χ0) is 10.8. The van der Waals surface area contributed by atoms with E-state index in [0.29, 0.717) is 0 Å². The van der Waals surface area contributed by atoms with E-state index < -0.39 is 0 Å². The smallest absolute Gasteiger partial charge is 0.0679 e. The molecule has 1 aromatic rings. The molecule has 0 aromatic carbocycles. The number of nitrogens with zero attached hydrogens (tertiary/aromatic N) is 3. The van der Waals surface area contributed by atoms with E-state index in [1.165, 1.54) is 5.69 Å². The van der Waals surface area contributed by atoms with Gasteiger partial charge in [0.2, 0.25) is 0 Å². The number of hydrogen-bond acceptors (Lipinski definition) is 3. The van der Waals surface area contributed by atoms with Crippen LogP contribution in [0, 0.1) is 6.92 Å². The molecule has 1 atom stereocenters. The predicted octanol–water partition coefficient (Wildman–Crippen LogP) is 0.778. The Morgan fingerprint density at radius 3 is 3.00 bits per heavy atom. The van der Waals surface area contributed by atoms with E-state index in [1.54, 1.807) is 0 Å². The third kappa shape index (κ3) is 2.38. The van der Waals surface area contributed by atoms with Crippen LogP contribution in [0.25, 0.3) is 0 Å². The summed E-state index contributed by atoms with van der Waals surface area (Å²) in [6.07, 6.45) is 0.767. The van der Waals surface area contributed by atoms with Crippen molar-refractivity contribution < 1.29 is 5.11 Å². The van der Waals surface area contributed by atoms with Crippen LogP contribution in [0.5, 0.6) is 0 Å². The van der Waals surface area contributed by atoms with E-state index in [0.717, 1.165) is 38.3 Å². The van der Waals surface area contributed by atoms with Crippen LogP contribution in [-0.4, -0.2) is 39.0 Å². The van der Waals surface area contributed by atoms with E-state index >= 15 is 0 Å². The van der Waals surface area contributed by atoms with Gasteiger partial charge in [-0.2, -0.15) is 5.10 Å². The van der Waals surface area contributed by atoms with Gasteiger partial charge in [-0.25, -0.2) is 0 Å². The van der Waals surface area contributed by atoms with E-state index in [1.807, 2.05) is 11.6 Å². The first-order valence-corrected chi connectivity index (χ1v) is 5.62. The molecule has 4 heteroatoms. The topological polar surface area (TPSA) is 41.3 Å². The first kappa shape index (κ1) is 10.6. The van der Waals surface area contributed by atoms with E-state index in [-0.39, 0.29) is 6.10 Å². The molecule has 15 heavy (non-hydrogen) atoms. The highest BCUT2D eigenvalue weighted by molar-refractivity contribution is 5.09. The van der Waals surface area contributed by atoms with Crippen molar-refractivity contribution in [3.05, 3.63) is 17.5 Å². The van der Waals surface area contributed by atoms with Crippen molar-refractivity contribution >= 4 is 0 Å². The highest BCUT2D eigenvalue weighted by Crippen LogP contribution is 2.14. The van der Waals surface area contributed by atoms with Gasteiger partial charge in [-0.15, -0.1) is 0 Å². The zero-order valence-corrected chi connectivity index (χ0v) is 9.48. The number of rotatable bonds is 3. The summed E-state index contributed by atoms with van der Waals surface area (Å²) in [6.45, 7) is 7.75. The van der Waals surface area contributed by atoms with Crippen molar-refractivity contribution in [1.82, 2.24) is 14.7 Å². The Bertz CT molecular complexity index is 335. The van der Waals surface area contributed by atoms with Crippen molar-refractivity contribution in [2.45, 2.75) is 39.5 Å². The second-order valence-corrected chi connectivity index (χ2v) is 4.27. The Kier molecular flexibility index (Phi) is 3.07. The third-order valence-electron chi connectivity index (χ3n) is 2.92. The van der Waals surface area contributed by atoms with Gasteiger partial charge >= 0.3 is 0 Å². The molecule has 0 bridgehead atoms. The lowest BCUT2D eigenvalue weighted by Crippen LogP contribution is -2.23. The van der Waals surface area contributed by atoms with Crippen molar-refractivity contribution in [3.8, 4) is 0 Å². The maximum absolute atomic E-state index is 9.45. The van der Waals surface area contributed by atoms with Crippen LogP contribution in [0.1, 0.15) is 24.7 Å². The maximum atomic E-state index is 9.45. The zero-order valence-electron chi connectivity index (χ0n) is 9.48. The molecule has 1 aromatic heterocycles. The summed E-state index contributed by atoms with van der Waals surface area (Å²) in [6, 6.07) is 2.13. The van der Waals surface area contributed by atoms with Crippen LogP contribution in [0.15, 0.2) is 6.07 Å². The molecule has 2 rings (SSSR count). The Balaban J connectivity index is 2.03. The summed E-state index contributed by atoms with van der Waals surface area (Å²) < 4.78 is 2.04. The summed E-state index contributed by atoms with van der Waals surface area (Å²) >= 11 is 0. The Hall–Kier alpha value is -0.870. The predicted molar refractivity (Wildman–Crippen MR) is 58.5 cm³/mol. The molecule has 1 N–H and O–H groups in total. The van der Waals surface area contributed by atoms with Crippen molar-refractivity contribution in [3.63, 3.8) is 0 Å². The summed E-state index contributed by atoms with van der Waals surface area (Å²) in [5.41, 5.74) is 2.33. The van der Waals surface area contributed by atoms with E-state index in [9.17, 15) is 5.11 Å². The van der Waals surface area contributed by atoms with Crippen molar-refractivity contribution in [1.29, 1.82) is 0 Å². The Labute approximate surface area is 90.5 Å². The first-order valence-electron chi connectivity index (χ1n) is 5.62. The van der Waals surface area contributed by atoms with Gasteiger partial charge in [0.25, 0.3) is 0 Å². The van der Waals surface area contributed by atoms with Crippen LogP contribution < -0.4 is 0 Å². The molecule has 1 fully saturated rings. The van der Waals surface area contributed by atoms with Gasteiger partial charge in [-0.1, -0.05) is 0 Å². The van der Waals surface area contributed by atoms with Gasteiger partial charge in [-0.3, -0.25) is 9.58 Å². The standard InChI is InChI=1S/C11H19N3O/c1-3-14-10(6-9(2)12-14)7-13-5-4-11(15)8-13/h6,11,15H,3-5,7-8H2,1-2H3/t11-/m1/s1. The molecule has 1 aliphatic rings. The molecule has 1 saturated heterocycles. The number of hydrogen-bond donors (Lipinski definition) is 1. The SMILES string of the molecule is CCn1nc(C)cc1CN1CC[C@@H](O)C1. The summed E-state index contributed by atoms with van der Waals surface area (Å²) in [5, 5.41) is 13.9. The molecule has 1 aliphatic heterocycles. The fourth-order valence-electron chi connectivity index (χ4n) is 2.19. The molecule has 0 saturated carbocycles. The molecular weight excluding hydrogens is 190 g/mol. The van der Waals surface area contributed by atoms with Crippen LogP contribution in [0.3, 0.4) is 0 Å². The quantitative estimate of drug-likeness (QED) is 0.799. The van der Waals surface area contributed by atoms with Gasteiger partial charge in [0, 0.05) is 26.2 Å². The second kappa shape index (κ2) is 4.33. The lowest BCUT2D eigenvalue weighted by atomic mass is 10.3. The van der Waals surface area contributed by atoms with Crippen LogP contribution in [0.4, 0.5) is 0 Å². The summed E-state index contributed by atoms with van der Waals surface area (Å²) in [7, 11) is 0. The average molecular weight is 209 g/mol. The summed E-state index contributed by atoms with van der Waals surface area (Å²) in [5.74, 6) is 0. The number of aromatic nitrogens is 2.